The molecule has 22 heavy (non-hydrogen) atoms. The molecule has 0 aliphatic heterocycles. The van der Waals surface area contributed by atoms with E-state index in [-0.39, 0.29) is 18.6 Å². The van der Waals surface area contributed by atoms with Crippen LogP contribution in [0.2, 0.25) is 0 Å². The summed E-state index contributed by atoms with van der Waals surface area (Å²) in [5.41, 5.74) is 2.13. The molecule has 0 aromatic rings. The van der Waals surface area contributed by atoms with Gasteiger partial charge in [0.05, 0.1) is 13.2 Å². The highest BCUT2D eigenvalue weighted by molar-refractivity contribution is 5.22. The second-order valence-electron chi connectivity index (χ2n) is 9.36. The smallest absolute Gasteiger partial charge is 0.0512 e. The van der Waals surface area contributed by atoms with E-state index in [1.807, 2.05) is 0 Å². The van der Waals surface area contributed by atoms with E-state index in [4.69, 9.17) is 0 Å². The molecule has 4 rings (SSSR count). The number of aliphatic hydroxyl groups excluding tert-OH is 2. The second kappa shape index (κ2) is 4.83. The summed E-state index contributed by atoms with van der Waals surface area (Å²) < 4.78 is 0. The lowest BCUT2D eigenvalue weighted by molar-refractivity contribution is -0.175. The number of fused-ring (bicyclic) bond motifs is 3. The van der Waals surface area contributed by atoms with Gasteiger partial charge in [-0.1, -0.05) is 25.5 Å². The highest BCUT2D eigenvalue weighted by Crippen LogP contribution is 2.72. The fourth-order valence-electron chi connectivity index (χ4n) is 7.73. The zero-order valence-corrected chi connectivity index (χ0v) is 14.1. The van der Waals surface area contributed by atoms with Crippen LogP contribution in [-0.4, -0.2) is 23.4 Å². The third-order valence-electron chi connectivity index (χ3n) is 8.63. The van der Waals surface area contributed by atoms with Crippen LogP contribution in [0.25, 0.3) is 0 Å². The average Bonchev–Trinajstić information content (AvgIpc) is 2.75. The monoisotopic (exact) mass is 304 g/mol. The number of hydrogen-bond acceptors (Lipinski definition) is 2. The summed E-state index contributed by atoms with van der Waals surface area (Å²) >= 11 is 0. The van der Waals surface area contributed by atoms with Gasteiger partial charge in [-0.2, -0.15) is 0 Å². The zero-order valence-electron chi connectivity index (χ0n) is 14.1. The Balaban J connectivity index is 1.73. The van der Waals surface area contributed by atoms with Crippen LogP contribution in [0.1, 0.15) is 64.7 Å². The van der Waals surface area contributed by atoms with Crippen molar-refractivity contribution < 1.29 is 10.2 Å². The summed E-state index contributed by atoms with van der Waals surface area (Å²) in [4.78, 5) is 0. The van der Waals surface area contributed by atoms with Crippen LogP contribution in [0.15, 0.2) is 12.2 Å². The van der Waals surface area contributed by atoms with Crippen molar-refractivity contribution in [2.24, 2.45) is 34.0 Å². The third-order valence-corrected chi connectivity index (χ3v) is 8.63. The zero-order chi connectivity index (χ0) is 15.6. The summed E-state index contributed by atoms with van der Waals surface area (Å²) in [5, 5.41) is 20.2. The molecule has 2 N–H and O–H groups in total. The molecule has 4 aliphatic carbocycles. The van der Waals surface area contributed by atoms with Crippen molar-refractivity contribution in [2.75, 3.05) is 13.2 Å². The van der Waals surface area contributed by atoms with Crippen LogP contribution >= 0.6 is 0 Å². The SMILES string of the molecule is C=C1C[C@@]23CC[C@@H]4C(CO)(CO)CCC[C@]4(C)[C@H]2CC[C@H]1C3. The van der Waals surface area contributed by atoms with Gasteiger partial charge >= 0.3 is 0 Å². The number of rotatable bonds is 2. The lowest BCUT2D eigenvalue weighted by Gasteiger charge is -2.64. The van der Waals surface area contributed by atoms with Crippen molar-refractivity contribution in [2.45, 2.75) is 64.7 Å². The van der Waals surface area contributed by atoms with Crippen molar-refractivity contribution in [1.82, 2.24) is 0 Å². The number of hydrogen-bond donors (Lipinski definition) is 2. The van der Waals surface area contributed by atoms with Crippen LogP contribution in [0.5, 0.6) is 0 Å². The van der Waals surface area contributed by atoms with Gasteiger partial charge in [0.25, 0.3) is 0 Å². The second-order valence-corrected chi connectivity index (χ2v) is 9.36. The molecule has 2 heteroatoms. The molecule has 4 fully saturated rings. The van der Waals surface area contributed by atoms with E-state index < -0.39 is 0 Å². The molecule has 124 valence electrons. The van der Waals surface area contributed by atoms with Crippen LogP contribution < -0.4 is 0 Å². The molecule has 4 saturated carbocycles. The third kappa shape index (κ3) is 1.74. The fraction of sp³-hybridized carbons (Fsp3) is 0.900. The number of aliphatic hydroxyl groups is 2. The van der Waals surface area contributed by atoms with Gasteiger partial charge in [0.1, 0.15) is 0 Å². The Hall–Kier alpha value is -0.340. The van der Waals surface area contributed by atoms with Gasteiger partial charge in [-0.3, -0.25) is 0 Å². The summed E-state index contributed by atoms with van der Waals surface area (Å²) in [7, 11) is 0. The molecule has 0 heterocycles. The summed E-state index contributed by atoms with van der Waals surface area (Å²) in [6, 6.07) is 0. The maximum absolute atomic E-state index is 10.1. The molecule has 0 saturated heterocycles. The van der Waals surface area contributed by atoms with E-state index in [0.717, 1.165) is 18.3 Å². The van der Waals surface area contributed by atoms with E-state index in [1.54, 1.807) is 0 Å². The van der Waals surface area contributed by atoms with Crippen molar-refractivity contribution in [3.05, 3.63) is 12.2 Å². The van der Waals surface area contributed by atoms with Gasteiger partial charge in [-0.15, -0.1) is 0 Å². The van der Waals surface area contributed by atoms with Gasteiger partial charge in [-0.25, -0.2) is 0 Å². The predicted molar refractivity (Wildman–Crippen MR) is 88.3 cm³/mol. The molecular weight excluding hydrogens is 272 g/mol. The van der Waals surface area contributed by atoms with E-state index in [9.17, 15) is 10.2 Å². The first-order chi connectivity index (χ1) is 10.5. The first-order valence-electron chi connectivity index (χ1n) is 9.39. The van der Waals surface area contributed by atoms with Gasteiger partial charge < -0.3 is 10.2 Å². The normalized spacial score (nSPS) is 49.6. The van der Waals surface area contributed by atoms with Crippen molar-refractivity contribution in [3.8, 4) is 0 Å². The highest BCUT2D eigenvalue weighted by Gasteiger charge is 2.64. The molecule has 0 amide bonds. The topological polar surface area (TPSA) is 40.5 Å². The Morgan fingerprint density at radius 3 is 2.55 bits per heavy atom. The molecule has 5 atom stereocenters. The molecular formula is C20H32O2. The molecule has 4 aliphatic rings. The minimum absolute atomic E-state index is 0.165. The van der Waals surface area contributed by atoms with Crippen molar-refractivity contribution >= 4 is 0 Å². The largest absolute Gasteiger partial charge is 0.396 e. The van der Waals surface area contributed by atoms with E-state index in [2.05, 4.69) is 13.5 Å². The lowest BCUT2D eigenvalue weighted by Crippen LogP contribution is -2.59. The van der Waals surface area contributed by atoms with Crippen LogP contribution in [0, 0.1) is 34.0 Å². The van der Waals surface area contributed by atoms with Crippen molar-refractivity contribution in [3.63, 3.8) is 0 Å². The molecule has 2 nitrogen and oxygen atoms in total. The van der Waals surface area contributed by atoms with Crippen molar-refractivity contribution in [1.29, 1.82) is 0 Å². The quantitative estimate of drug-likeness (QED) is 0.759. The first kappa shape index (κ1) is 15.2. The molecule has 2 bridgehead atoms. The predicted octanol–water partition coefficient (Wildman–Crippen LogP) is 3.92. The lowest BCUT2D eigenvalue weighted by atomic mass is 9.41. The molecule has 0 aromatic heterocycles. The Bertz CT molecular complexity index is 480. The maximum Gasteiger partial charge on any atom is 0.0512 e. The van der Waals surface area contributed by atoms with E-state index in [0.29, 0.717) is 16.7 Å². The average molecular weight is 304 g/mol. The highest BCUT2D eigenvalue weighted by atomic mass is 16.3. The molecule has 0 aromatic carbocycles. The molecule has 0 unspecified atom stereocenters. The van der Waals surface area contributed by atoms with Gasteiger partial charge in [-0.05, 0) is 80.0 Å². The van der Waals surface area contributed by atoms with E-state index in [1.165, 1.54) is 56.9 Å². The summed E-state index contributed by atoms with van der Waals surface area (Å²) in [6.45, 7) is 7.23. The Kier molecular flexibility index (Phi) is 3.34. The Morgan fingerprint density at radius 2 is 1.82 bits per heavy atom. The first-order valence-corrected chi connectivity index (χ1v) is 9.39. The van der Waals surface area contributed by atoms with Gasteiger partial charge in [0.2, 0.25) is 0 Å². The Labute approximate surface area is 135 Å². The Morgan fingerprint density at radius 1 is 1.05 bits per heavy atom. The summed E-state index contributed by atoms with van der Waals surface area (Å²) in [5.74, 6) is 2.08. The van der Waals surface area contributed by atoms with Crippen LogP contribution in [0.4, 0.5) is 0 Å². The van der Waals surface area contributed by atoms with Gasteiger partial charge in [0.15, 0.2) is 0 Å². The standard InChI is InChI=1S/C20H32O2/c1-14-10-19-9-6-17-18(2,16(19)5-4-15(14)11-19)7-3-8-20(17,12-21)13-22/h15-17,21-22H,1,3-13H2,2H3/t15-,16+,17-,18+,19+/m0/s1. The molecule has 0 radical (unpaired) electrons. The van der Waals surface area contributed by atoms with E-state index >= 15 is 0 Å². The van der Waals surface area contributed by atoms with Crippen LogP contribution in [0.3, 0.4) is 0 Å². The summed E-state index contributed by atoms with van der Waals surface area (Å²) in [6.07, 6.45) is 11.3. The van der Waals surface area contributed by atoms with Gasteiger partial charge in [0, 0.05) is 5.41 Å². The molecule has 1 spiro atoms. The maximum atomic E-state index is 10.1. The van der Waals surface area contributed by atoms with Crippen LogP contribution in [-0.2, 0) is 0 Å². The minimum atomic E-state index is -0.221. The number of allylic oxidation sites excluding steroid dienone is 1. The minimum Gasteiger partial charge on any atom is -0.396 e. The fourth-order valence-corrected chi connectivity index (χ4v) is 7.73.